The number of nitrogens with zero attached hydrogens (tertiary/aromatic N) is 1. The number of rotatable bonds is 6. The summed E-state index contributed by atoms with van der Waals surface area (Å²) >= 11 is 0. The van der Waals surface area contributed by atoms with Gasteiger partial charge in [0.1, 0.15) is 11.4 Å². The Balaban J connectivity index is 3.05. The number of hydrogen-bond acceptors (Lipinski definition) is 2. The van der Waals surface area contributed by atoms with Crippen LogP contribution in [0.25, 0.3) is 0 Å². The lowest BCUT2D eigenvalue weighted by molar-refractivity contribution is -0.144. The molecule has 21 heavy (non-hydrogen) atoms. The van der Waals surface area contributed by atoms with Gasteiger partial charge in [0.25, 0.3) is 0 Å². The molecule has 0 aromatic heterocycles. The van der Waals surface area contributed by atoms with Crippen molar-refractivity contribution in [3.8, 4) is 0 Å². The number of benzene rings is 1. The molecule has 2 N–H and O–H groups in total. The smallest absolute Gasteiger partial charge is 0.329 e. The molecule has 116 valence electrons. The first kappa shape index (κ1) is 16.9. The highest BCUT2D eigenvalue weighted by atomic mass is 19.1. The minimum Gasteiger partial charge on any atom is -0.480 e. The van der Waals surface area contributed by atoms with Crippen molar-refractivity contribution in [2.75, 3.05) is 11.4 Å². The molecule has 0 atom stereocenters. The molecule has 0 spiro atoms. The highest BCUT2D eigenvalue weighted by Gasteiger charge is 2.37. The third-order valence-electron chi connectivity index (χ3n) is 3.67. The van der Waals surface area contributed by atoms with Gasteiger partial charge in [-0.3, -0.25) is 4.90 Å². The summed E-state index contributed by atoms with van der Waals surface area (Å²) in [5.41, 5.74) is -1.21. The minimum absolute atomic E-state index is 0.129. The molecule has 5 nitrogen and oxygen atoms in total. The molecule has 0 aliphatic carbocycles. The second-order valence-corrected chi connectivity index (χ2v) is 4.72. The van der Waals surface area contributed by atoms with Crippen molar-refractivity contribution in [3.05, 3.63) is 30.1 Å². The molecule has 0 saturated heterocycles. The maximum Gasteiger partial charge on any atom is 0.329 e. The summed E-state index contributed by atoms with van der Waals surface area (Å²) in [6.45, 7) is 5.32. The van der Waals surface area contributed by atoms with Gasteiger partial charge in [-0.15, -0.1) is 0 Å². The van der Waals surface area contributed by atoms with Gasteiger partial charge in [0.15, 0.2) is 0 Å². The largest absolute Gasteiger partial charge is 0.480 e. The number of urea groups is 1. The predicted molar refractivity (Wildman–Crippen MR) is 78.9 cm³/mol. The summed E-state index contributed by atoms with van der Waals surface area (Å²) in [6, 6.07) is 5.28. The summed E-state index contributed by atoms with van der Waals surface area (Å²) < 4.78 is 13.8. The van der Waals surface area contributed by atoms with E-state index >= 15 is 0 Å². The molecule has 0 radical (unpaired) electrons. The van der Waals surface area contributed by atoms with Gasteiger partial charge in [-0.1, -0.05) is 26.0 Å². The third-order valence-corrected chi connectivity index (χ3v) is 3.67. The normalized spacial score (nSPS) is 11.0. The van der Waals surface area contributed by atoms with Gasteiger partial charge in [-0.2, -0.15) is 0 Å². The first-order chi connectivity index (χ1) is 9.91. The van der Waals surface area contributed by atoms with Crippen LogP contribution in [0, 0.1) is 5.82 Å². The maximum absolute atomic E-state index is 13.8. The number of aliphatic carboxylic acids is 1. The fraction of sp³-hybridized carbons (Fsp3) is 0.467. The molecule has 0 unspecified atom stereocenters. The molecular formula is C15H21FN2O3. The van der Waals surface area contributed by atoms with E-state index in [-0.39, 0.29) is 25.1 Å². The molecule has 1 aromatic carbocycles. The summed E-state index contributed by atoms with van der Waals surface area (Å²) in [5.74, 6) is -1.62. The van der Waals surface area contributed by atoms with E-state index in [0.717, 1.165) is 0 Å². The molecule has 1 aromatic rings. The average molecular weight is 296 g/mol. The van der Waals surface area contributed by atoms with Crippen LogP contribution >= 0.6 is 0 Å². The molecule has 0 fully saturated rings. The summed E-state index contributed by atoms with van der Waals surface area (Å²) in [7, 11) is 0. The predicted octanol–water partition coefficient (Wildman–Crippen LogP) is 3.01. The van der Waals surface area contributed by atoms with Gasteiger partial charge in [0.05, 0.1) is 5.69 Å². The molecule has 2 amide bonds. The molecule has 0 saturated carbocycles. The Hall–Kier alpha value is -2.11. The lowest BCUT2D eigenvalue weighted by atomic mass is 9.93. The molecule has 0 aliphatic rings. The highest BCUT2D eigenvalue weighted by Crippen LogP contribution is 2.21. The zero-order valence-electron chi connectivity index (χ0n) is 12.5. The van der Waals surface area contributed by atoms with Crippen LogP contribution in [-0.2, 0) is 4.79 Å². The van der Waals surface area contributed by atoms with Crippen LogP contribution in [0.2, 0.25) is 0 Å². The molecule has 0 aliphatic heterocycles. The Morgan fingerprint density at radius 2 is 1.81 bits per heavy atom. The van der Waals surface area contributed by atoms with Gasteiger partial charge >= 0.3 is 12.0 Å². The van der Waals surface area contributed by atoms with Gasteiger partial charge in [-0.05, 0) is 31.9 Å². The Kier molecular flexibility index (Phi) is 5.69. The first-order valence-electron chi connectivity index (χ1n) is 6.99. The topological polar surface area (TPSA) is 69.6 Å². The summed E-state index contributed by atoms with van der Waals surface area (Å²) in [4.78, 5) is 25.0. The number of carboxylic acid groups (broad SMARTS) is 1. The summed E-state index contributed by atoms with van der Waals surface area (Å²) in [5, 5.41) is 11.9. The van der Waals surface area contributed by atoms with Crippen molar-refractivity contribution in [2.24, 2.45) is 0 Å². The van der Waals surface area contributed by atoms with Crippen molar-refractivity contribution < 1.29 is 19.1 Å². The molecule has 0 heterocycles. The third kappa shape index (κ3) is 3.51. The van der Waals surface area contributed by atoms with Crippen LogP contribution < -0.4 is 10.2 Å². The lowest BCUT2D eigenvalue weighted by Gasteiger charge is -2.31. The van der Waals surface area contributed by atoms with Crippen LogP contribution in [-0.4, -0.2) is 29.2 Å². The zero-order valence-corrected chi connectivity index (χ0v) is 12.5. The zero-order chi connectivity index (χ0) is 16.0. The molecule has 6 heteroatoms. The SMILES string of the molecule is CCN(C(=O)NC(CC)(CC)C(=O)O)c1ccccc1F. The average Bonchev–Trinajstić information content (AvgIpc) is 2.47. The number of amides is 2. The summed E-state index contributed by atoms with van der Waals surface area (Å²) in [6.07, 6.45) is 0.499. The van der Waals surface area contributed by atoms with E-state index in [1.165, 1.54) is 23.1 Å². The maximum atomic E-state index is 13.8. The van der Waals surface area contributed by atoms with E-state index < -0.39 is 23.4 Å². The van der Waals surface area contributed by atoms with Crippen molar-refractivity contribution in [3.63, 3.8) is 0 Å². The number of halogens is 1. The van der Waals surface area contributed by atoms with Crippen molar-refractivity contribution in [1.82, 2.24) is 5.32 Å². The fourth-order valence-corrected chi connectivity index (χ4v) is 2.15. The van der Waals surface area contributed by atoms with E-state index in [2.05, 4.69) is 5.32 Å². The number of carboxylic acids is 1. The molecule has 0 bridgehead atoms. The molecule has 1 rings (SSSR count). The van der Waals surface area contributed by atoms with Gasteiger partial charge in [0.2, 0.25) is 0 Å². The van der Waals surface area contributed by atoms with Crippen LogP contribution in [0.5, 0.6) is 0 Å². The first-order valence-corrected chi connectivity index (χ1v) is 6.99. The van der Waals surface area contributed by atoms with Crippen LogP contribution in [0.3, 0.4) is 0 Å². The Labute approximate surface area is 123 Å². The number of carbonyl (C=O) groups excluding carboxylic acids is 1. The number of nitrogens with one attached hydrogen (secondary N) is 1. The van der Waals surface area contributed by atoms with Crippen molar-refractivity contribution in [1.29, 1.82) is 0 Å². The Bertz CT molecular complexity index is 515. The van der Waals surface area contributed by atoms with E-state index in [1.54, 1.807) is 26.8 Å². The standard InChI is InChI=1S/C15H21FN2O3/c1-4-15(5-2,13(19)20)17-14(21)18(6-3)12-10-8-7-9-11(12)16/h7-10H,4-6H2,1-3H3,(H,17,21)(H,19,20). The lowest BCUT2D eigenvalue weighted by Crippen LogP contribution is -2.57. The number of para-hydroxylation sites is 1. The highest BCUT2D eigenvalue weighted by molar-refractivity contribution is 5.95. The van der Waals surface area contributed by atoms with Crippen molar-refractivity contribution >= 4 is 17.7 Å². The minimum atomic E-state index is -1.34. The Morgan fingerprint density at radius 3 is 2.24 bits per heavy atom. The van der Waals surface area contributed by atoms with E-state index in [9.17, 15) is 19.1 Å². The van der Waals surface area contributed by atoms with Gasteiger partial charge < -0.3 is 10.4 Å². The second kappa shape index (κ2) is 7.06. The second-order valence-electron chi connectivity index (χ2n) is 4.72. The van der Waals surface area contributed by atoms with Crippen molar-refractivity contribution in [2.45, 2.75) is 39.2 Å². The van der Waals surface area contributed by atoms with Crippen LogP contribution in [0.4, 0.5) is 14.9 Å². The van der Waals surface area contributed by atoms with Gasteiger partial charge in [0, 0.05) is 6.54 Å². The van der Waals surface area contributed by atoms with E-state index in [4.69, 9.17) is 0 Å². The van der Waals surface area contributed by atoms with Crippen LogP contribution in [0.1, 0.15) is 33.6 Å². The fourth-order valence-electron chi connectivity index (χ4n) is 2.15. The number of carbonyl (C=O) groups is 2. The molecular weight excluding hydrogens is 275 g/mol. The monoisotopic (exact) mass is 296 g/mol. The Morgan fingerprint density at radius 1 is 1.24 bits per heavy atom. The van der Waals surface area contributed by atoms with E-state index in [1.807, 2.05) is 0 Å². The van der Waals surface area contributed by atoms with Gasteiger partial charge in [-0.25, -0.2) is 14.0 Å². The number of hydrogen-bond donors (Lipinski definition) is 2. The number of anilines is 1. The quantitative estimate of drug-likeness (QED) is 0.847. The van der Waals surface area contributed by atoms with E-state index in [0.29, 0.717) is 0 Å². The van der Waals surface area contributed by atoms with Crippen LogP contribution in [0.15, 0.2) is 24.3 Å².